The highest BCUT2D eigenvalue weighted by Gasteiger charge is 2.16. The number of ether oxygens (including phenoxy) is 1. The van der Waals surface area contributed by atoms with E-state index >= 15 is 0 Å². The first-order valence-corrected chi connectivity index (χ1v) is 5.16. The molecule has 1 aliphatic heterocycles. The van der Waals surface area contributed by atoms with Gasteiger partial charge in [-0.15, -0.1) is 0 Å². The second kappa shape index (κ2) is 4.36. The van der Waals surface area contributed by atoms with Crippen LogP contribution in [0.2, 0.25) is 0 Å². The summed E-state index contributed by atoms with van der Waals surface area (Å²) in [5, 5.41) is 0. The minimum Gasteiger partial charge on any atom is -0.489 e. The number of rotatable bonds is 2. The lowest BCUT2D eigenvalue weighted by Crippen LogP contribution is -2.29. The summed E-state index contributed by atoms with van der Waals surface area (Å²) >= 11 is 0. The van der Waals surface area contributed by atoms with Crippen LogP contribution in [-0.2, 0) is 0 Å². The third kappa shape index (κ3) is 1.97. The van der Waals surface area contributed by atoms with Gasteiger partial charge in [-0.2, -0.15) is 0 Å². The van der Waals surface area contributed by atoms with E-state index in [0.717, 1.165) is 30.2 Å². The fourth-order valence-corrected chi connectivity index (χ4v) is 1.73. The number of nitrogens with zero attached hydrogens (tertiary/aromatic N) is 1. The lowest BCUT2D eigenvalue weighted by molar-refractivity contribution is 0.310. The number of fused-ring (bicyclic) bond motifs is 1. The van der Waals surface area contributed by atoms with Crippen LogP contribution in [0.3, 0.4) is 0 Å². The molecule has 0 unspecified atom stereocenters. The molecule has 1 aromatic carbocycles. The van der Waals surface area contributed by atoms with E-state index in [9.17, 15) is 0 Å². The first kappa shape index (κ1) is 10.1. The van der Waals surface area contributed by atoms with Crippen molar-refractivity contribution in [1.29, 1.82) is 0 Å². The lowest BCUT2D eigenvalue weighted by Gasteiger charge is -2.28. The summed E-state index contributed by atoms with van der Waals surface area (Å²) in [5.74, 6) is 0.968. The predicted octanol–water partition coefficient (Wildman–Crippen LogP) is 1.49. The monoisotopic (exact) mass is 204 g/mol. The molecule has 0 aliphatic carbocycles. The van der Waals surface area contributed by atoms with Crippen molar-refractivity contribution in [3.05, 3.63) is 29.8 Å². The molecule has 0 aromatic heterocycles. The number of benzene rings is 1. The number of likely N-dealkylation sites (N-methyl/N-ethyl adjacent to an activating group) is 1. The molecule has 80 valence electrons. The molecule has 1 heterocycles. The first-order valence-electron chi connectivity index (χ1n) is 5.16. The van der Waals surface area contributed by atoms with Crippen molar-refractivity contribution in [2.75, 3.05) is 31.6 Å². The molecule has 15 heavy (non-hydrogen) atoms. The standard InChI is InChI=1S/C12H16N2O/c1-14-8-9-15-12-10(5-3-7-13)4-2-6-11(12)14/h2-6H,7-9,13H2,1H3/b5-3+. The number of nitrogens with two attached hydrogens (primary N) is 1. The van der Waals surface area contributed by atoms with Crippen molar-refractivity contribution < 1.29 is 4.74 Å². The van der Waals surface area contributed by atoms with Gasteiger partial charge in [0.05, 0.1) is 12.2 Å². The van der Waals surface area contributed by atoms with E-state index in [0.29, 0.717) is 6.54 Å². The summed E-state index contributed by atoms with van der Waals surface area (Å²) in [5.41, 5.74) is 7.70. The Kier molecular flexibility index (Phi) is 2.92. The minimum atomic E-state index is 0.555. The topological polar surface area (TPSA) is 38.5 Å². The smallest absolute Gasteiger partial charge is 0.149 e. The molecule has 0 bridgehead atoms. The highest BCUT2D eigenvalue weighted by atomic mass is 16.5. The average Bonchev–Trinajstić information content (AvgIpc) is 2.27. The molecule has 0 spiro atoms. The van der Waals surface area contributed by atoms with Gasteiger partial charge in [0.2, 0.25) is 0 Å². The molecular formula is C12H16N2O. The van der Waals surface area contributed by atoms with Crippen molar-refractivity contribution in [1.82, 2.24) is 0 Å². The lowest BCUT2D eigenvalue weighted by atomic mass is 10.1. The van der Waals surface area contributed by atoms with Crippen LogP contribution in [-0.4, -0.2) is 26.7 Å². The third-order valence-corrected chi connectivity index (χ3v) is 2.54. The maximum Gasteiger partial charge on any atom is 0.149 e. The molecule has 2 N–H and O–H groups in total. The van der Waals surface area contributed by atoms with Crippen LogP contribution in [0, 0.1) is 0 Å². The summed E-state index contributed by atoms with van der Waals surface area (Å²) in [7, 11) is 2.08. The van der Waals surface area contributed by atoms with Crippen molar-refractivity contribution >= 4 is 11.8 Å². The molecule has 0 radical (unpaired) electrons. The summed E-state index contributed by atoms with van der Waals surface area (Å²) in [6, 6.07) is 6.17. The van der Waals surface area contributed by atoms with Crippen LogP contribution < -0.4 is 15.4 Å². The molecule has 3 heteroatoms. The SMILES string of the molecule is CN1CCOc2c(/C=C/CN)cccc21. The predicted molar refractivity (Wildman–Crippen MR) is 63.3 cm³/mol. The van der Waals surface area contributed by atoms with Gasteiger partial charge >= 0.3 is 0 Å². The van der Waals surface area contributed by atoms with Gasteiger partial charge in [-0.05, 0) is 6.07 Å². The fraction of sp³-hybridized carbons (Fsp3) is 0.333. The number of hydrogen-bond acceptors (Lipinski definition) is 3. The minimum absolute atomic E-state index is 0.555. The molecule has 1 aliphatic rings. The van der Waals surface area contributed by atoms with E-state index < -0.39 is 0 Å². The second-order valence-corrected chi connectivity index (χ2v) is 3.60. The maximum atomic E-state index is 5.69. The largest absolute Gasteiger partial charge is 0.489 e. The number of hydrogen-bond donors (Lipinski definition) is 1. The molecule has 0 fully saturated rings. The van der Waals surface area contributed by atoms with Crippen LogP contribution in [0.4, 0.5) is 5.69 Å². The normalized spacial score (nSPS) is 15.2. The Bertz CT molecular complexity index is 374. The third-order valence-electron chi connectivity index (χ3n) is 2.54. The van der Waals surface area contributed by atoms with Gasteiger partial charge in [-0.3, -0.25) is 0 Å². The highest BCUT2D eigenvalue weighted by Crippen LogP contribution is 2.34. The van der Waals surface area contributed by atoms with Crippen molar-refractivity contribution in [2.24, 2.45) is 5.73 Å². The van der Waals surface area contributed by atoms with Crippen molar-refractivity contribution in [2.45, 2.75) is 0 Å². The van der Waals surface area contributed by atoms with Gasteiger partial charge in [0.15, 0.2) is 0 Å². The number of anilines is 1. The molecule has 0 saturated carbocycles. The Morgan fingerprint density at radius 1 is 1.53 bits per heavy atom. The molecule has 3 nitrogen and oxygen atoms in total. The Morgan fingerprint density at radius 2 is 2.40 bits per heavy atom. The van der Waals surface area contributed by atoms with Gasteiger partial charge in [0.1, 0.15) is 12.4 Å². The zero-order chi connectivity index (χ0) is 10.7. The van der Waals surface area contributed by atoms with Gasteiger partial charge in [0.25, 0.3) is 0 Å². The van der Waals surface area contributed by atoms with E-state index in [1.165, 1.54) is 0 Å². The first-order chi connectivity index (χ1) is 7.33. The molecule has 0 saturated heterocycles. The number of para-hydroxylation sites is 1. The summed E-state index contributed by atoms with van der Waals surface area (Å²) in [6.07, 6.45) is 3.95. The van der Waals surface area contributed by atoms with Gasteiger partial charge < -0.3 is 15.4 Å². The van der Waals surface area contributed by atoms with E-state index in [4.69, 9.17) is 10.5 Å². The summed E-state index contributed by atoms with van der Waals surface area (Å²) < 4.78 is 5.69. The summed E-state index contributed by atoms with van der Waals surface area (Å²) in [4.78, 5) is 2.21. The van der Waals surface area contributed by atoms with Crippen molar-refractivity contribution in [3.63, 3.8) is 0 Å². The summed E-state index contributed by atoms with van der Waals surface area (Å²) in [6.45, 7) is 2.24. The Morgan fingerprint density at radius 3 is 3.20 bits per heavy atom. The van der Waals surface area contributed by atoms with Gasteiger partial charge in [-0.25, -0.2) is 0 Å². The zero-order valence-electron chi connectivity index (χ0n) is 8.94. The fourth-order valence-electron chi connectivity index (χ4n) is 1.73. The molecule has 0 atom stereocenters. The maximum absolute atomic E-state index is 5.69. The van der Waals surface area contributed by atoms with Crippen LogP contribution >= 0.6 is 0 Å². The second-order valence-electron chi connectivity index (χ2n) is 3.60. The molecule has 1 aromatic rings. The Balaban J connectivity index is 2.40. The quantitative estimate of drug-likeness (QED) is 0.793. The molecular weight excluding hydrogens is 188 g/mol. The van der Waals surface area contributed by atoms with Gasteiger partial charge in [0, 0.05) is 19.2 Å². The Labute approximate surface area is 90.1 Å². The van der Waals surface area contributed by atoms with E-state index in [1.807, 2.05) is 24.3 Å². The zero-order valence-corrected chi connectivity index (χ0v) is 8.94. The molecule has 0 amide bonds. The van der Waals surface area contributed by atoms with E-state index in [-0.39, 0.29) is 0 Å². The molecule has 2 rings (SSSR count). The highest BCUT2D eigenvalue weighted by molar-refractivity contribution is 5.70. The van der Waals surface area contributed by atoms with Crippen LogP contribution in [0.25, 0.3) is 6.08 Å². The van der Waals surface area contributed by atoms with Crippen LogP contribution in [0.5, 0.6) is 5.75 Å². The van der Waals surface area contributed by atoms with Crippen LogP contribution in [0.15, 0.2) is 24.3 Å². The van der Waals surface area contributed by atoms with Crippen LogP contribution in [0.1, 0.15) is 5.56 Å². The average molecular weight is 204 g/mol. The van der Waals surface area contributed by atoms with E-state index in [2.05, 4.69) is 18.0 Å². The van der Waals surface area contributed by atoms with E-state index in [1.54, 1.807) is 0 Å². The van der Waals surface area contributed by atoms with Crippen molar-refractivity contribution in [3.8, 4) is 5.75 Å². The Hall–Kier alpha value is -1.48. The van der Waals surface area contributed by atoms with Gasteiger partial charge in [-0.1, -0.05) is 24.3 Å².